The number of ether oxygens (including phenoxy) is 1. The van der Waals surface area contributed by atoms with E-state index in [0.717, 1.165) is 17.4 Å². The van der Waals surface area contributed by atoms with Crippen LogP contribution in [0.4, 0.5) is 5.69 Å². The maximum Gasteiger partial charge on any atom is 0.283 e. The zero-order valence-electron chi connectivity index (χ0n) is 12.2. The van der Waals surface area contributed by atoms with E-state index in [9.17, 15) is 19.7 Å². The zero-order chi connectivity index (χ0) is 17.0. The number of methoxy groups -OCH3 is 1. The van der Waals surface area contributed by atoms with Gasteiger partial charge in [-0.15, -0.1) is 11.3 Å². The van der Waals surface area contributed by atoms with Gasteiger partial charge in [0.05, 0.1) is 16.5 Å². The van der Waals surface area contributed by atoms with Gasteiger partial charge in [-0.05, 0) is 22.0 Å². The molecule has 0 spiro atoms. The molecular formula is C13H12BrN3O6S. The number of non-ortho nitro benzene ring substituents is 1. The van der Waals surface area contributed by atoms with Gasteiger partial charge < -0.3 is 10.2 Å². The van der Waals surface area contributed by atoms with Crippen molar-refractivity contribution in [2.45, 2.75) is 0 Å². The number of rotatable bonds is 4. The minimum Gasteiger partial charge on any atom is -0.494 e. The van der Waals surface area contributed by atoms with Crippen molar-refractivity contribution in [3.05, 3.63) is 54.7 Å². The zero-order valence-corrected chi connectivity index (χ0v) is 14.6. The molecule has 0 fully saturated rings. The van der Waals surface area contributed by atoms with Crippen LogP contribution in [0, 0.1) is 10.1 Å². The summed E-state index contributed by atoms with van der Waals surface area (Å²) >= 11 is 4.38. The molecule has 24 heavy (non-hydrogen) atoms. The largest absolute Gasteiger partial charge is 0.494 e. The summed E-state index contributed by atoms with van der Waals surface area (Å²) in [6.45, 7) is 0. The van der Waals surface area contributed by atoms with Gasteiger partial charge in [-0.2, -0.15) is 0 Å². The molecule has 0 saturated heterocycles. The van der Waals surface area contributed by atoms with Crippen LogP contribution in [0.3, 0.4) is 0 Å². The SMILES string of the molecule is COc1c(Br)csc1C(=O)NNC(=O)c1cccc([N+](=O)[O-])c1.O. The molecule has 0 saturated carbocycles. The molecule has 0 atom stereocenters. The lowest BCUT2D eigenvalue weighted by Gasteiger charge is -2.07. The Morgan fingerprint density at radius 1 is 1.29 bits per heavy atom. The molecule has 9 nitrogen and oxygen atoms in total. The highest BCUT2D eigenvalue weighted by molar-refractivity contribution is 9.10. The van der Waals surface area contributed by atoms with Crippen LogP contribution in [0.5, 0.6) is 5.75 Å². The fraction of sp³-hybridized carbons (Fsp3) is 0.0769. The Morgan fingerprint density at radius 3 is 2.58 bits per heavy atom. The van der Waals surface area contributed by atoms with E-state index in [1.165, 1.54) is 25.3 Å². The molecule has 11 heteroatoms. The van der Waals surface area contributed by atoms with Gasteiger partial charge in [0.15, 0.2) is 5.75 Å². The molecule has 1 aromatic heterocycles. The van der Waals surface area contributed by atoms with Crippen molar-refractivity contribution >= 4 is 44.8 Å². The fourth-order valence-electron chi connectivity index (χ4n) is 1.68. The third-order valence-electron chi connectivity index (χ3n) is 2.72. The van der Waals surface area contributed by atoms with Crippen LogP contribution >= 0.6 is 27.3 Å². The number of nitrogens with one attached hydrogen (secondary N) is 2. The van der Waals surface area contributed by atoms with Crippen LogP contribution in [-0.4, -0.2) is 29.3 Å². The number of carbonyl (C=O) groups is 2. The van der Waals surface area contributed by atoms with E-state index in [2.05, 4.69) is 26.8 Å². The topological polar surface area (TPSA) is 142 Å². The lowest BCUT2D eigenvalue weighted by molar-refractivity contribution is -0.384. The van der Waals surface area contributed by atoms with Crippen LogP contribution in [0.2, 0.25) is 0 Å². The smallest absolute Gasteiger partial charge is 0.283 e. The Morgan fingerprint density at radius 2 is 1.96 bits per heavy atom. The van der Waals surface area contributed by atoms with Crippen molar-refractivity contribution in [2.24, 2.45) is 0 Å². The molecule has 0 radical (unpaired) electrons. The lowest BCUT2D eigenvalue weighted by atomic mass is 10.2. The minimum atomic E-state index is -0.670. The molecule has 0 bridgehead atoms. The number of hydrogen-bond acceptors (Lipinski definition) is 6. The first-order chi connectivity index (χ1) is 10.9. The standard InChI is InChI=1S/C13H10BrN3O5S.H2O/c1-22-10-9(14)6-23-11(10)13(19)16-15-12(18)7-3-2-4-8(5-7)17(20)21;/h2-6H,1H3,(H,15,18)(H,16,19);1H2. The highest BCUT2D eigenvalue weighted by Gasteiger charge is 2.19. The predicted molar refractivity (Wildman–Crippen MR) is 90.2 cm³/mol. The Balaban J connectivity index is 0.00000288. The molecule has 1 aromatic carbocycles. The van der Waals surface area contributed by atoms with E-state index in [-0.39, 0.29) is 21.6 Å². The highest BCUT2D eigenvalue weighted by atomic mass is 79.9. The number of halogens is 1. The number of nitrogens with zero attached hydrogens (tertiary/aromatic N) is 1. The summed E-state index contributed by atoms with van der Waals surface area (Å²) in [6, 6.07) is 5.16. The molecule has 128 valence electrons. The third-order valence-corrected chi connectivity index (χ3v) is 4.57. The van der Waals surface area contributed by atoms with E-state index >= 15 is 0 Å². The molecule has 2 amide bonds. The van der Waals surface area contributed by atoms with Crippen LogP contribution in [0.25, 0.3) is 0 Å². The van der Waals surface area contributed by atoms with Gasteiger partial charge in [-0.1, -0.05) is 6.07 Å². The van der Waals surface area contributed by atoms with E-state index in [4.69, 9.17) is 4.74 Å². The normalized spacial score (nSPS) is 9.58. The monoisotopic (exact) mass is 417 g/mol. The number of hydrazine groups is 1. The van der Waals surface area contributed by atoms with Gasteiger partial charge in [0, 0.05) is 23.1 Å². The second-order valence-electron chi connectivity index (χ2n) is 4.16. The molecule has 1 heterocycles. The molecule has 0 aliphatic carbocycles. The van der Waals surface area contributed by atoms with Gasteiger partial charge in [0.25, 0.3) is 17.5 Å². The van der Waals surface area contributed by atoms with Crippen molar-refractivity contribution in [1.82, 2.24) is 10.9 Å². The van der Waals surface area contributed by atoms with E-state index in [0.29, 0.717) is 10.2 Å². The number of thiophene rings is 1. The summed E-state index contributed by atoms with van der Waals surface area (Å²) in [7, 11) is 1.42. The van der Waals surface area contributed by atoms with Crippen LogP contribution in [0.15, 0.2) is 34.1 Å². The first kappa shape index (κ1) is 19.5. The summed E-state index contributed by atoms with van der Waals surface area (Å²) < 4.78 is 5.71. The Hall–Kier alpha value is -2.50. The number of carbonyl (C=O) groups excluding carboxylic acids is 2. The van der Waals surface area contributed by atoms with E-state index in [1.54, 1.807) is 5.38 Å². The minimum absolute atomic E-state index is 0. The van der Waals surface area contributed by atoms with Crippen molar-refractivity contribution in [2.75, 3.05) is 7.11 Å². The average Bonchev–Trinajstić information content (AvgIpc) is 2.93. The molecule has 2 rings (SSSR count). The Kier molecular flexibility index (Phi) is 6.82. The second-order valence-corrected chi connectivity index (χ2v) is 5.90. The third kappa shape index (κ3) is 4.28. The molecule has 2 aromatic rings. The maximum atomic E-state index is 12.0. The number of amides is 2. The van der Waals surface area contributed by atoms with Crippen molar-refractivity contribution in [3.8, 4) is 5.75 Å². The van der Waals surface area contributed by atoms with Crippen molar-refractivity contribution in [1.29, 1.82) is 0 Å². The van der Waals surface area contributed by atoms with Crippen LogP contribution in [0.1, 0.15) is 20.0 Å². The Bertz CT molecular complexity index is 779. The number of nitro groups is 1. The number of nitro benzene ring substituents is 1. The Labute approximate surface area is 148 Å². The van der Waals surface area contributed by atoms with Crippen LogP contribution in [-0.2, 0) is 0 Å². The summed E-state index contributed by atoms with van der Waals surface area (Å²) in [6.07, 6.45) is 0. The maximum absolute atomic E-state index is 12.0. The summed E-state index contributed by atoms with van der Waals surface area (Å²) in [5.41, 5.74) is 4.27. The summed E-state index contributed by atoms with van der Waals surface area (Å²) in [5, 5.41) is 12.4. The van der Waals surface area contributed by atoms with Crippen LogP contribution < -0.4 is 15.6 Å². The average molecular weight is 418 g/mol. The summed E-state index contributed by atoms with van der Waals surface area (Å²) in [5.74, 6) is -0.870. The highest BCUT2D eigenvalue weighted by Crippen LogP contribution is 2.34. The quantitative estimate of drug-likeness (QED) is 0.574. The first-order valence-corrected chi connectivity index (χ1v) is 7.77. The van der Waals surface area contributed by atoms with Crippen molar-refractivity contribution in [3.63, 3.8) is 0 Å². The molecule has 0 aliphatic heterocycles. The predicted octanol–water partition coefficient (Wildman–Crippen LogP) is 1.68. The lowest BCUT2D eigenvalue weighted by Crippen LogP contribution is -2.41. The molecule has 0 unspecified atom stereocenters. The van der Waals surface area contributed by atoms with Gasteiger partial charge >= 0.3 is 0 Å². The first-order valence-electron chi connectivity index (χ1n) is 6.10. The van der Waals surface area contributed by atoms with Gasteiger partial charge in [-0.25, -0.2) is 0 Å². The van der Waals surface area contributed by atoms with E-state index < -0.39 is 16.7 Å². The fourth-order valence-corrected chi connectivity index (χ4v) is 3.23. The number of benzene rings is 1. The van der Waals surface area contributed by atoms with Gasteiger partial charge in [0.1, 0.15) is 4.88 Å². The van der Waals surface area contributed by atoms with E-state index in [1.807, 2.05) is 0 Å². The van der Waals surface area contributed by atoms with Gasteiger partial charge in [-0.3, -0.25) is 30.6 Å². The van der Waals surface area contributed by atoms with Crippen molar-refractivity contribution < 1.29 is 24.7 Å². The van der Waals surface area contributed by atoms with Gasteiger partial charge in [0.2, 0.25) is 0 Å². The molecule has 4 N–H and O–H groups in total. The number of hydrogen-bond donors (Lipinski definition) is 2. The summed E-state index contributed by atoms with van der Waals surface area (Å²) in [4.78, 5) is 34.3. The molecule has 0 aliphatic rings. The second kappa shape index (κ2) is 8.38. The molecular weight excluding hydrogens is 406 g/mol.